The van der Waals surface area contributed by atoms with E-state index in [1.807, 2.05) is 0 Å². The minimum absolute atomic E-state index is 0.00887. The van der Waals surface area contributed by atoms with Crippen molar-refractivity contribution in [3.8, 4) is 5.75 Å². The average Bonchev–Trinajstić information content (AvgIpc) is 3.02. The zero-order chi connectivity index (χ0) is 24.9. The lowest BCUT2D eigenvalue weighted by Crippen LogP contribution is -2.71. The zero-order valence-corrected chi connectivity index (χ0v) is 19.4. The summed E-state index contributed by atoms with van der Waals surface area (Å²) in [6.45, 7) is 4.97. The minimum atomic E-state index is -1.10. The highest BCUT2D eigenvalue weighted by Gasteiger charge is 2.64. The third kappa shape index (κ3) is 3.96. The highest BCUT2D eigenvalue weighted by atomic mass is 32.2. The van der Waals surface area contributed by atoms with Gasteiger partial charge in [-0.3, -0.25) is 19.2 Å². The van der Waals surface area contributed by atoms with Gasteiger partial charge in [0.1, 0.15) is 29.2 Å². The molecule has 4 rings (SSSR count). The summed E-state index contributed by atoms with van der Waals surface area (Å²) in [4.78, 5) is 62.8. The lowest BCUT2D eigenvalue weighted by molar-refractivity contribution is -0.161. The number of carbonyl (C=O) groups excluding carboxylic acids is 4. The second-order valence-electron chi connectivity index (χ2n) is 8.87. The summed E-state index contributed by atoms with van der Waals surface area (Å²) in [7, 11) is 0. The Hall–Kier alpha value is -3.60. The number of Topliss-reactive ketones (excluding diaryl/α,β-unsaturated/α-hetero) is 1. The number of carboxylic acids is 1. The molecule has 34 heavy (non-hydrogen) atoms. The number of ketones is 2. The number of amides is 2. The molecule has 10 nitrogen and oxygen atoms in total. The molecule has 1 aliphatic carbocycles. The van der Waals surface area contributed by atoms with E-state index < -0.39 is 57.6 Å². The molecular formula is C23H23N3O7S. The molecule has 1 aromatic carbocycles. The van der Waals surface area contributed by atoms with Crippen LogP contribution in [0.25, 0.3) is 0 Å². The second kappa shape index (κ2) is 8.32. The number of carbonyl (C=O) groups is 5. The maximum Gasteiger partial charge on any atom is 0.327 e. The molecular weight excluding hydrogens is 462 g/mol. The normalized spacial score (nSPS) is 26.1. The monoisotopic (exact) mass is 485 g/mol. The lowest BCUT2D eigenvalue weighted by Gasteiger charge is -2.44. The van der Waals surface area contributed by atoms with E-state index in [0.29, 0.717) is 5.56 Å². The number of nitrogens with one attached hydrogen (secondary N) is 2. The topological polar surface area (TPSA) is 153 Å². The molecule has 2 amide bonds. The predicted molar refractivity (Wildman–Crippen MR) is 121 cm³/mol. The number of hydrogen-bond donors (Lipinski definition) is 4. The number of allylic oxidation sites excluding steroid dienone is 3. The number of benzene rings is 1. The van der Waals surface area contributed by atoms with Crippen LogP contribution in [0.2, 0.25) is 0 Å². The Labute approximate surface area is 199 Å². The Morgan fingerprint density at radius 2 is 1.76 bits per heavy atom. The number of aliphatic carboxylic acids is 1. The number of fused-ring (bicyclic) bond motifs is 1. The fourth-order valence-electron chi connectivity index (χ4n) is 4.34. The number of hydrogen-bond acceptors (Lipinski definition) is 8. The Morgan fingerprint density at radius 1 is 1.12 bits per heavy atom. The Bertz CT molecular complexity index is 1170. The third-order valence-electron chi connectivity index (χ3n) is 6.01. The molecule has 2 heterocycles. The first-order chi connectivity index (χ1) is 15.9. The van der Waals surface area contributed by atoms with Gasteiger partial charge in [-0.05, 0) is 44.5 Å². The van der Waals surface area contributed by atoms with Crippen molar-refractivity contribution < 1.29 is 34.2 Å². The number of rotatable bonds is 6. The van der Waals surface area contributed by atoms with E-state index in [1.54, 1.807) is 13.8 Å². The average molecular weight is 486 g/mol. The standard InChI is InChI=1S/C23H23N3O7S/c1-10-8-12(9-14(28)17(10)29)24-15(11-4-6-13(27)7-5-11)19(30)25-16-20(31)26-18(22(32)33)23(2,3)34-21(16)26/h4-9,15-16,18,21,24,27H,1-3H3,(H,25,30)(H,32,33)/t15-,16-,18+,21-/m1/s1. The molecule has 0 saturated carbocycles. The summed E-state index contributed by atoms with van der Waals surface area (Å²) in [5.41, 5.74) is 0.909. The van der Waals surface area contributed by atoms with Gasteiger partial charge in [0.2, 0.25) is 23.4 Å². The molecule has 0 unspecified atom stereocenters. The van der Waals surface area contributed by atoms with Crippen molar-refractivity contribution in [3.63, 3.8) is 0 Å². The van der Waals surface area contributed by atoms with Crippen molar-refractivity contribution in [2.24, 2.45) is 0 Å². The molecule has 11 heteroatoms. The Balaban J connectivity index is 1.58. The third-order valence-corrected chi connectivity index (χ3v) is 7.58. The number of β-lactam (4-membered cyclic amide) rings is 1. The van der Waals surface area contributed by atoms with E-state index >= 15 is 0 Å². The molecule has 1 aromatic rings. The Morgan fingerprint density at radius 3 is 2.35 bits per heavy atom. The van der Waals surface area contributed by atoms with Crippen LogP contribution in [0.5, 0.6) is 5.75 Å². The van der Waals surface area contributed by atoms with Crippen LogP contribution in [0, 0.1) is 0 Å². The molecule has 0 spiro atoms. The van der Waals surface area contributed by atoms with Crippen LogP contribution in [0.3, 0.4) is 0 Å². The largest absolute Gasteiger partial charge is 0.508 e. The number of phenols is 1. The van der Waals surface area contributed by atoms with E-state index in [4.69, 9.17) is 0 Å². The Kier molecular flexibility index (Phi) is 5.76. The number of aromatic hydroxyl groups is 1. The number of thioether (sulfide) groups is 1. The van der Waals surface area contributed by atoms with Gasteiger partial charge in [-0.15, -0.1) is 11.8 Å². The first-order valence-electron chi connectivity index (χ1n) is 10.5. The second-order valence-corrected chi connectivity index (χ2v) is 10.6. The van der Waals surface area contributed by atoms with Crippen molar-refractivity contribution >= 4 is 41.1 Å². The zero-order valence-electron chi connectivity index (χ0n) is 18.6. The van der Waals surface area contributed by atoms with Gasteiger partial charge >= 0.3 is 5.97 Å². The van der Waals surface area contributed by atoms with Crippen molar-refractivity contribution in [2.75, 3.05) is 0 Å². The van der Waals surface area contributed by atoms with E-state index in [9.17, 15) is 34.2 Å². The molecule has 0 aromatic heterocycles. The van der Waals surface area contributed by atoms with Gasteiger partial charge in [0.05, 0.1) is 0 Å². The molecule has 0 radical (unpaired) electrons. The van der Waals surface area contributed by atoms with Gasteiger partial charge in [-0.25, -0.2) is 4.79 Å². The van der Waals surface area contributed by atoms with Crippen LogP contribution in [-0.4, -0.2) is 66.7 Å². The van der Waals surface area contributed by atoms with Crippen molar-refractivity contribution in [1.29, 1.82) is 0 Å². The predicted octanol–water partition coefficient (Wildman–Crippen LogP) is 0.637. The van der Waals surface area contributed by atoms with Gasteiger partial charge in [0.15, 0.2) is 0 Å². The molecule has 4 atom stereocenters. The van der Waals surface area contributed by atoms with Crippen molar-refractivity contribution in [3.05, 3.63) is 53.3 Å². The van der Waals surface area contributed by atoms with Crippen molar-refractivity contribution in [2.45, 2.75) is 49.0 Å². The summed E-state index contributed by atoms with van der Waals surface area (Å²) in [5.74, 6) is -3.54. The summed E-state index contributed by atoms with van der Waals surface area (Å²) >= 11 is 1.31. The smallest absolute Gasteiger partial charge is 0.327 e. The maximum atomic E-state index is 13.3. The number of phenolic OH excluding ortho intramolecular Hbond substituents is 1. The van der Waals surface area contributed by atoms with Crippen LogP contribution in [-0.2, 0) is 24.0 Å². The van der Waals surface area contributed by atoms with Gasteiger partial charge in [-0.2, -0.15) is 0 Å². The van der Waals surface area contributed by atoms with E-state index in [1.165, 1.54) is 53.9 Å². The molecule has 3 aliphatic rings. The van der Waals surface area contributed by atoms with Crippen molar-refractivity contribution in [1.82, 2.24) is 15.5 Å². The van der Waals surface area contributed by atoms with Gasteiger partial charge in [0.25, 0.3) is 0 Å². The number of carboxylic acid groups (broad SMARTS) is 1. The van der Waals surface area contributed by atoms with Crippen LogP contribution in [0.4, 0.5) is 0 Å². The summed E-state index contributed by atoms with van der Waals surface area (Å²) in [5, 5.41) is 24.3. The highest BCUT2D eigenvalue weighted by Crippen LogP contribution is 2.50. The summed E-state index contributed by atoms with van der Waals surface area (Å²) < 4.78 is -0.734. The first-order valence-corrected chi connectivity index (χ1v) is 11.4. The fraction of sp³-hybridized carbons (Fsp3) is 0.348. The molecule has 178 valence electrons. The van der Waals surface area contributed by atoms with Gasteiger partial charge < -0.3 is 25.7 Å². The molecule has 2 aliphatic heterocycles. The molecule has 2 saturated heterocycles. The van der Waals surface area contributed by atoms with Crippen LogP contribution in [0.1, 0.15) is 32.4 Å². The quantitative estimate of drug-likeness (QED) is 0.258. The van der Waals surface area contributed by atoms with E-state index in [-0.39, 0.29) is 17.0 Å². The fourth-order valence-corrected chi connectivity index (χ4v) is 5.97. The minimum Gasteiger partial charge on any atom is -0.508 e. The van der Waals surface area contributed by atoms with E-state index in [0.717, 1.165) is 6.08 Å². The molecule has 2 fully saturated rings. The van der Waals surface area contributed by atoms with E-state index in [2.05, 4.69) is 10.6 Å². The summed E-state index contributed by atoms with van der Waals surface area (Å²) in [6, 6.07) is 2.84. The van der Waals surface area contributed by atoms with Crippen LogP contribution >= 0.6 is 11.8 Å². The molecule has 4 N–H and O–H groups in total. The SMILES string of the molecule is CC1=CC(N[C@@H](C(=O)N[C@@H]2C(=O)N3[C@@H]2SC(C)(C)[C@@H]3C(=O)O)c2ccc(O)cc2)=CC(=O)C1=O. The first kappa shape index (κ1) is 23.6. The van der Waals surface area contributed by atoms with Gasteiger partial charge in [-0.1, -0.05) is 12.1 Å². The van der Waals surface area contributed by atoms with Crippen LogP contribution in [0.15, 0.2) is 47.7 Å². The van der Waals surface area contributed by atoms with Gasteiger partial charge in [0, 0.05) is 22.1 Å². The molecule has 0 bridgehead atoms. The maximum absolute atomic E-state index is 13.3. The number of nitrogens with zero attached hydrogens (tertiary/aromatic N) is 1. The van der Waals surface area contributed by atoms with Crippen LogP contribution < -0.4 is 10.6 Å². The lowest BCUT2D eigenvalue weighted by atomic mass is 9.95. The summed E-state index contributed by atoms with van der Waals surface area (Å²) in [6.07, 6.45) is 2.55. The highest BCUT2D eigenvalue weighted by molar-refractivity contribution is 8.01.